The molecule has 0 aliphatic carbocycles. The van der Waals surface area contributed by atoms with E-state index in [2.05, 4.69) is 5.32 Å². The quantitative estimate of drug-likeness (QED) is 0.857. The van der Waals surface area contributed by atoms with Gasteiger partial charge in [-0.2, -0.15) is 0 Å². The Hall–Kier alpha value is -1.42. The molecule has 1 aromatic rings. The first kappa shape index (κ1) is 13.6. The highest BCUT2D eigenvalue weighted by atomic mass is 19.1. The topological polar surface area (TPSA) is 38.3 Å². The van der Waals surface area contributed by atoms with E-state index >= 15 is 0 Å². The largest absolute Gasteiger partial charge is 0.369 e. The van der Waals surface area contributed by atoms with Crippen LogP contribution in [0.3, 0.4) is 0 Å². The van der Waals surface area contributed by atoms with Gasteiger partial charge in [-0.25, -0.2) is 4.39 Å². The average Bonchev–Trinajstić information content (AvgIpc) is 2.26. The van der Waals surface area contributed by atoms with E-state index in [9.17, 15) is 9.18 Å². The number of ether oxygens (including phenoxy) is 1. The van der Waals surface area contributed by atoms with E-state index in [0.717, 1.165) is 5.56 Å². The highest BCUT2D eigenvalue weighted by Crippen LogP contribution is 2.13. The van der Waals surface area contributed by atoms with Crippen molar-refractivity contribution in [2.45, 2.75) is 32.9 Å². The van der Waals surface area contributed by atoms with Gasteiger partial charge in [-0.1, -0.05) is 12.1 Å². The lowest BCUT2D eigenvalue weighted by Crippen LogP contribution is -2.31. The number of halogens is 1. The molecular formula is C13H18FNO2. The van der Waals surface area contributed by atoms with Gasteiger partial charge in [0.2, 0.25) is 5.91 Å². The van der Waals surface area contributed by atoms with Crippen LogP contribution in [0.1, 0.15) is 32.4 Å². The third-order valence-corrected chi connectivity index (χ3v) is 2.27. The molecule has 1 aromatic carbocycles. The summed E-state index contributed by atoms with van der Waals surface area (Å²) in [6.07, 6.45) is 0.0187. The molecule has 0 aromatic heterocycles. The van der Waals surface area contributed by atoms with Gasteiger partial charge in [-0.05, 0) is 38.5 Å². The molecule has 0 spiro atoms. The Balaban J connectivity index is 2.48. The van der Waals surface area contributed by atoms with Crippen LogP contribution in [0.5, 0.6) is 0 Å². The van der Waals surface area contributed by atoms with Crippen LogP contribution in [0.15, 0.2) is 24.3 Å². The molecule has 3 nitrogen and oxygen atoms in total. The summed E-state index contributed by atoms with van der Waals surface area (Å²) < 4.78 is 18.2. The van der Waals surface area contributed by atoms with Crippen molar-refractivity contribution in [2.75, 3.05) is 6.61 Å². The van der Waals surface area contributed by atoms with Gasteiger partial charge in [0.25, 0.3) is 0 Å². The Kier molecular flexibility index (Phi) is 5.10. The number of carbonyl (C=O) groups is 1. The lowest BCUT2D eigenvalue weighted by Gasteiger charge is -2.15. The number of amides is 1. The Morgan fingerprint density at radius 1 is 1.41 bits per heavy atom. The van der Waals surface area contributed by atoms with E-state index in [1.807, 2.05) is 20.8 Å². The summed E-state index contributed by atoms with van der Waals surface area (Å²) in [7, 11) is 0. The number of hydrogen-bond donors (Lipinski definition) is 1. The fourth-order valence-electron chi connectivity index (χ4n) is 1.38. The molecule has 0 bridgehead atoms. The molecule has 1 N–H and O–H groups in total. The maximum Gasteiger partial charge on any atom is 0.246 e. The van der Waals surface area contributed by atoms with Gasteiger partial charge < -0.3 is 10.1 Å². The minimum atomic E-state index is -0.304. The van der Waals surface area contributed by atoms with Gasteiger partial charge in [0, 0.05) is 0 Å². The zero-order valence-corrected chi connectivity index (χ0v) is 10.4. The summed E-state index contributed by atoms with van der Waals surface area (Å²) in [6, 6.07) is 5.96. The van der Waals surface area contributed by atoms with E-state index in [1.54, 1.807) is 12.1 Å². The van der Waals surface area contributed by atoms with Gasteiger partial charge in [0.15, 0.2) is 0 Å². The summed E-state index contributed by atoms with van der Waals surface area (Å²) >= 11 is 0. The predicted molar refractivity (Wildman–Crippen MR) is 64.0 cm³/mol. The first-order valence-corrected chi connectivity index (χ1v) is 5.65. The van der Waals surface area contributed by atoms with E-state index in [0.29, 0.717) is 0 Å². The Morgan fingerprint density at radius 3 is 2.71 bits per heavy atom. The SMILES string of the molecule is CC(C)OCC(=O)NC(C)c1cccc(F)c1. The third kappa shape index (κ3) is 4.95. The van der Waals surface area contributed by atoms with E-state index in [-0.39, 0.29) is 30.5 Å². The van der Waals surface area contributed by atoms with E-state index in [4.69, 9.17) is 4.74 Å². The molecule has 1 amide bonds. The van der Waals surface area contributed by atoms with Crippen LogP contribution in [0, 0.1) is 5.82 Å². The number of rotatable bonds is 5. The molecule has 17 heavy (non-hydrogen) atoms. The summed E-state index contributed by atoms with van der Waals surface area (Å²) in [5.74, 6) is -0.502. The van der Waals surface area contributed by atoms with Crippen molar-refractivity contribution in [3.05, 3.63) is 35.6 Å². The molecule has 0 fully saturated rings. The van der Waals surface area contributed by atoms with Crippen LogP contribution in [0.25, 0.3) is 0 Å². The number of carbonyl (C=O) groups excluding carboxylic acids is 1. The van der Waals surface area contributed by atoms with Crippen LogP contribution in [0.4, 0.5) is 4.39 Å². The second-order valence-electron chi connectivity index (χ2n) is 4.20. The van der Waals surface area contributed by atoms with Gasteiger partial charge in [0.1, 0.15) is 12.4 Å². The minimum Gasteiger partial charge on any atom is -0.369 e. The molecule has 0 radical (unpaired) electrons. The molecule has 1 rings (SSSR count). The van der Waals surface area contributed by atoms with Crippen molar-refractivity contribution in [3.63, 3.8) is 0 Å². The monoisotopic (exact) mass is 239 g/mol. The first-order chi connectivity index (χ1) is 7.99. The molecule has 0 aliphatic heterocycles. The van der Waals surface area contributed by atoms with Crippen molar-refractivity contribution in [1.29, 1.82) is 0 Å². The minimum absolute atomic E-state index is 0.0187. The molecule has 4 heteroatoms. The van der Waals surface area contributed by atoms with Gasteiger partial charge >= 0.3 is 0 Å². The smallest absolute Gasteiger partial charge is 0.246 e. The maximum atomic E-state index is 13.0. The van der Waals surface area contributed by atoms with Gasteiger partial charge in [0.05, 0.1) is 12.1 Å². The molecule has 0 heterocycles. The molecule has 0 saturated carbocycles. The zero-order chi connectivity index (χ0) is 12.8. The highest BCUT2D eigenvalue weighted by Gasteiger charge is 2.10. The lowest BCUT2D eigenvalue weighted by molar-refractivity contribution is -0.127. The van der Waals surface area contributed by atoms with Crippen LogP contribution < -0.4 is 5.32 Å². The summed E-state index contributed by atoms with van der Waals surface area (Å²) in [5, 5.41) is 2.75. The Labute approximate surface area is 101 Å². The van der Waals surface area contributed by atoms with Gasteiger partial charge in [-0.15, -0.1) is 0 Å². The number of nitrogens with one attached hydrogen (secondary N) is 1. The Bertz CT molecular complexity index is 379. The maximum absolute atomic E-state index is 13.0. The summed E-state index contributed by atoms with van der Waals surface area (Å²) in [5.41, 5.74) is 0.739. The third-order valence-electron chi connectivity index (χ3n) is 2.27. The first-order valence-electron chi connectivity index (χ1n) is 5.65. The molecule has 1 unspecified atom stereocenters. The van der Waals surface area contributed by atoms with Gasteiger partial charge in [-0.3, -0.25) is 4.79 Å². The van der Waals surface area contributed by atoms with Crippen LogP contribution in [-0.4, -0.2) is 18.6 Å². The fourth-order valence-corrected chi connectivity index (χ4v) is 1.38. The molecule has 0 aliphatic rings. The van der Waals surface area contributed by atoms with Crippen LogP contribution in [-0.2, 0) is 9.53 Å². The van der Waals surface area contributed by atoms with Crippen molar-refractivity contribution in [1.82, 2.24) is 5.32 Å². The van der Waals surface area contributed by atoms with E-state index < -0.39 is 0 Å². The predicted octanol–water partition coefficient (Wildman–Crippen LogP) is 2.43. The summed E-state index contributed by atoms with van der Waals surface area (Å²) in [6.45, 7) is 5.56. The molecular weight excluding hydrogens is 221 g/mol. The zero-order valence-electron chi connectivity index (χ0n) is 10.4. The molecule has 94 valence electrons. The normalized spacial score (nSPS) is 12.5. The molecule has 0 saturated heterocycles. The van der Waals surface area contributed by atoms with Crippen molar-refractivity contribution < 1.29 is 13.9 Å². The van der Waals surface area contributed by atoms with Crippen LogP contribution >= 0.6 is 0 Å². The number of hydrogen-bond acceptors (Lipinski definition) is 2. The highest BCUT2D eigenvalue weighted by molar-refractivity contribution is 5.77. The average molecular weight is 239 g/mol. The Morgan fingerprint density at radius 2 is 2.12 bits per heavy atom. The lowest BCUT2D eigenvalue weighted by atomic mass is 10.1. The second-order valence-corrected chi connectivity index (χ2v) is 4.20. The van der Waals surface area contributed by atoms with Crippen LogP contribution in [0.2, 0.25) is 0 Å². The summed E-state index contributed by atoms with van der Waals surface area (Å²) in [4.78, 5) is 11.5. The fraction of sp³-hybridized carbons (Fsp3) is 0.462. The van der Waals surface area contributed by atoms with Crippen molar-refractivity contribution in [3.8, 4) is 0 Å². The standard InChI is InChI=1S/C13H18FNO2/c1-9(2)17-8-13(16)15-10(3)11-5-4-6-12(14)7-11/h4-7,9-10H,8H2,1-3H3,(H,15,16). The molecule has 1 atom stereocenters. The van der Waals surface area contributed by atoms with Crippen molar-refractivity contribution >= 4 is 5.91 Å². The van der Waals surface area contributed by atoms with E-state index in [1.165, 1.54) is 12.1 Å². The second kappa shape index (κ2) is 6.35. The van der Waals surface area contributed by atoms with Crippen molar-refractivity contribution in [2.24, 2.45) is 0 Å². The number of benzene rings is 1.